The Bertz CT molecular complexity index is 8050. The molecule has 0 amide bonds. The molecule has 0 radical (unpaired) electrons. The van der Waals surface area contributed by atoms with E-state index in [0.717, 1.165) is 0 Å². The first-order valence-electron chi connectivity index (χ1n) is 43.2. The van der Waals surface area contributed by atoms with Crippen LogP contribution in [0.3, 0.4) is 0 Å². The molecule has 2 aliphatic rings. The molecule has 24 aromatic rings. The van der Waals surface area contributed by atoms with Crippen molar-refractivity contribution >= 4 is 97.0 Å². The zero-order valence-electron chi connectivity index (χ0n) is 67.9. The Kier molecular flexibility index (Phi) is 16.5. The zero-order chi connectivity index (χ0) is 81.5. The predicted molar refractivity (Wildman–Crippen MR) is 530 cm³/mol. The quantitative estimate of drug-likeness (QED) is 0.0894. The standard InChI is InChI=1S/C76H44.C48H32/c1-5-21-45(22-6-1)49-29-13-15-31-51(49)69-55-35-19-17-33-53(55)65(47-25-9-3-10-26-47)73-61-41-37-57-58-38-42-62-72-64(44-40-60(68(58)72)59-39-43-63(75(69)73)71(61)67(57)59)76-70(52-32-16-14-30-50(52)46-23-7-2-8-24-46)56-36-20-18-34-54(56)66(74(62)76)48-27-11-4-12-28-48;1-5-17-33(18-6-1)39-31-42(34-19-7-2-8-20-34)48(43(32-39)35-21-9-3-10-22-35)47-41-28-16-15-27-40(41)46(36-23-11-4-12-24-36)44-29-37-25-13-14-26-38(37)30-45(44)47/h1-44H;1-32H. The van der Waals surface area contributed by atoms with Gasteiger partial charge in [-0.05, 0) is 288 Å². The van der Waals surface area contributed by atoms with Crippen molar-refractivity contribution in [1.82, 2.24) is 0 Å². The van der Waals surface area contributed by atoms with Crippen LogP contribution in [0.1, 0.15) is 0 Å². The van der Waals surface area contributed by atoms with Crippen LogP contribution in [0, 0.1) is 0 Å². The van der Waals surface area contributed by atoms with Gasteiger partial charge < -0.3 is 0 Å². The Hall–Kier alpha value is -16.1. The van der Waals surface area contributed by atoms with Crippen LogP contribution in [-0.2, 0) is 0 Å². The van der Waals surface area contributed by atoms with E-state index in [2.05, 4.69) is 461 Å². The summed E-state index contributed by atoms with van der Waals surface area (Å²) < 4.78 is 0. The van der Waals surface area contributed by atoms with E-state index in [1.807, 2.05) is 0 Å². The van der Waals surface area contributed by atoms with Crippen LogP contribution in [0.5, 0.6) is 0 Å². The molecule has 0 saturated heterocycles. The highest BCUT2D eigenvalue weighted by Gasteiger charge is 2.37. The third kappa shape index (κ3) is 11.0. The molecule has 0 aromatic heterocycles. The van der Waals surface area contributed by atoms with Gasteiger partial charge in [-0.15, -0.1) is 0 Å². The fourth-order valence-corrected chi connectivity index (χ4v) is 21.6. The van der Waals surface area contributed by atoms with Crippen LogP contribution < -0.4 is 0 Å². The monoisotopic (exact) mass is 1560 g/mol. The second-order valence-corrected chi connectivity index (χ2v) is 33.2. The van der Waals surface area contributed by atoms with Gasteiger partial charge in [0.15, 0.2) is 0 Å². The minimum Gasteiger partial charge on any atom is -0.0622 e. The van der Waals surface area contributed by atoms with Crippen LogP contribution >= 0.6 is 0 Å². The van der Waals surface area contributed by atoms with Crippen molar-refractivity contribution in [3.05, 3.63) is 461 Å². The first-order valence-corrected chi connectivity index (χ1v) is 43.2. The maximum Gasteiger partial charge on any atom is -0.000718 e. The van der Waals surface area contributed by atoms with Crippen molar-refractivity contribution in [3.8, 4) is 167 Å². The number of hydrogen-bond acceptors (Lipinski definition) is 0. The summed E-state index contributed by atoms with van der Waals surface area (Å²) in [5.41, 5.74) is 37.8. The lowest BCUT2D eigenvalue weighted by molar-refractivity contribution is 1.56. The molecule has 0 bridgehead atoms. The molecular formula is C124H76. The summed E-state index contributed by atoms with van der Waals surface area (Å²) in [5.74, 6) is 0. The Morgan fingerprint density at radius 2 is 0.331 bits per heavy atom. The molecule has 0 heterocycles. The molecule has 2 aliphatic carbocycles. The summed E-state index contributed by atoms with van der Waals surface area (Å²) in [7, 11) is 0. The number of hydrogen-bond donors (Lipinski definition) is 0. The van der Waals surface area contributed by atoms with Crippen LogP contribution in [0.15, 0.2) is 461 Å². The van der Waals surface area contributed by atoms with E-state index in [1.165, 1.54) is 264 Å². The van der Waals surface area contributed by atoms with E-state index in [1.54, 1.807) is 0 Å². The van der Waals surface area contributed by atoms with Gasteiger partial charge in [-0.2, -0.15) is 0 Å². The minimum atomic E-state index is 1.20. The Balaban J connectivity index is 0.000000151. The van der Waals surface area contributed by atoms with Crippen LogP contribution in [0.2, 0.25) is 0 Å². The van der Waals surface area contributed by atoms with E-state index in [-0.39, 0.29) is 0 Å². The average Bonchev–Trinajstić information content (AvgIpc) is 1.50. The summed E-state index contributed by atoms with van der Waals surface area (Å²) in [6, 6.07) is 171. The van der Waals surface area contributed by atoms with Gasteiger partial charge in [0.25, 0.3) is 0 Å². The highest BCUT2D eigenvalue weighted by atomic mass is 14.4. The molecule has 26 rings (SSSR count). The zero-order valence-corrected chi connectivity index (χ0v) is 67.9. The molecule has 0 heteroatoms. The summed E-state index contributed by atoms with van der Waals surface area (Å²) in [5, 5.41) is 23.2. The van der Waals surface area contributed by atoms with E-state index in [0.29, 0.717) is 0 Å². The maximum absolute atomic E-state index is 2.47. The fraction of sp³-hybridized carbons (Fsp3) is 0. The maximum atomic E-state index is 2.47. The van der Waals surface area contributed by atoms with E-state index < -0.39 is 0 Å². The van der Waals surface area contributed by atoms with E-state index in [4.69, 9.17) is 0 Å². The summed E-state index contributed by atoms with van der Waals surface area (Å²) in [6.07, 6.45) is 0. The lowest BCUT2D eigenvalue weighted by Gasteiger charge is -2.24. The summed E-state index contributed by atoms with van der Waals surface area (Å²) in [4.78, 5) is 0. The first kappa shape index (κ1) is 70.9. The molecule has 0 nitrogen and oxygen atoms in total. The molecular weight excluding hydrogens is 1490 g/mol. The molecule has 0 aliphatic heterocycles. The molecule has 0 saturated carbocycles. The minimum absolute atomic E-state index is 1.20. The largest absolute Gasteiger partial charge is 0.0622 e. The number of fused-ring (bicyclic) bond motifs is 13. The normalized spacial score (nSPS) is 11.9. The molecule has 0 spiro atoms. The lowest BCUT2D eigenvalue weighted by atomic mass is 9.79. The Morgan fingerprint density at radius 3 is 0.677 bits per heavy atom. The molecule has 0 N–H and O–H groups in total. The van der Waals surface area contributed by atoms with Gasteiger partial charge in [-0.3, -0.25) is 0 Å². The Morgan fingerprint density at radius 1 is 0.0887 bits per heavy atom. The predicted octanol–water partition coefficient (Wildman–Crippen LogP) is 34.8. The van der Waals surface area contributed by atoms with Gasteiger partial charge in [0.05, 0.1) is 0 Å². The topological polar surface area (TPSA) is 0 Å². The SMILES string of the molecule is c1ccc(-c2cc(-c3ccccc3)c(-c3c4ccccc4c(-c4ccccc4)c4cc5ccccc5cc34)c(-c3ccccc3)c2)cc1.c1ccc(-c2ccccc2-c2c3c(c(-c4ccccc4)c4ccccc24)-c2ccc4c5ccc6c7c(ccc(c8ccc-3c2c48)c75)-c2c-6c(-c3ccccc3)c3ccccc3c2-c2ccccc2-c2ccccc2)cc1. The lowest BCUT2D eigenvalue weighted by Crippen LogP contribution is -1.97. The molecule has 0 fully saturated rings. The van der Waals surface area contributed by atoms with Crippen molar-refractivity contribution in [2.75, 3.05) is 0 Å². The van der Waals surface area contributed by atoms with E-state index >= 15 is 0 Å². The molecule has 0 atom stereocenters. The highest BCUT2D eigenvalue weighted by molar-refractivity contribution is 6.43. The number of rotatable bonds is 11. The van der Waals surface area contributed by atoms with Gasteiger partial charge in [0.1, 0.15) is 0 Å². The van der Waals surface area contributed by atoms with Crippen molar-refractivity contribution in [2.24, 2.45) is 0 Å². The smallest absolute Gasteiger partial charge is 0.000718 e. The molecule has 572 valence electrons. The summed E-state index contributed by atoms with van der Waals surface area (Å²) in [6.45, 7) is 0. The van der Waals surface area contributed by atoms with Gasteiger partial charge in [-0.1, -0.05) is 437 Å². The first-order chi connectivity index (χ1) is 61.6. The second-order valence-electron chi connectivity index (χ2n) is 33.2. The van der Waals surface area contributed by atoms with Crippen LogP contribution in [0.4, 0.5) is 0 Å². The highest BCUT2D eigenvalue weighted by Crippen LogP contribution is 2.64. The van der Waals surface area contributed by atoms with Crippen molar-refractivity contribution in [2.45, 2.75) is 0 Å². The van der Waals surface area contributed by atoms with E-state index in [9.17, 15) is 0 Å². The van der Waals surface area contributed by atoms with Crippen molar-refractivity contribution in [1.29, 1.82) is 0 Å². The van der Waals surface area contributed by atoms with Gasteiger partial charge >= 0.3 is 0 Å². The molecule has 24 aromatic carbocycles. The number of benzene rings is 24. The van der Waals surface area contributed by atoms with Gasteiger partial charge in [0, 0.05) is 0 Å². The second kappa shape index (κ2) is 28.8. The fourth-order valence-electron chi connectivity index (χ4n) is 21.6. The third-order valence-electron chi connectivity index (χ3n) is 26.7. The Labute approximate surface area is 719 Å². The average molecular weight is 1570 g/mol. The van der Waals surface area contributed by atoms with Crippen LogP contribution in [0.25, 0.3) is 264 Å². The summed E-state index contributed by atoms with van der Waals surface area (Å²) >= 11 is 0. The van der Waals surface area contributed by atoms with Crippen molar-refractivity contribution < 1.29 is 0 Å². The molecule has 0 unspecified atom stereocenters. The van der Waals surface area contributed by atoms with Crippen molar-refractivity contribution in [3.63, 3.8) is 0 Å². The third-order valence-corrected chi connectivity index (χ3v) is 26.7. The molecule has 124 heavy (non-hydrogen) atoms. The van der Waals surface area contributed by atoms with Crippen LogP contribution in [-0.4, -0.2) is 0 Å². The van der Waals surface area contributed by atoms with Gasteiger partial charge in [-0.25, -0.2) is 0 Å². The van der Waals surface area contributed by atoms with Gasteiger partial charge in [0.2, 0.25) is 0 Å².